The summed E-state index contributed by atoms with van der Waals surface area (Å²) >= 11 is 12.1. The van der Waals surface area contributed by atoms with Crippen molar-refractivity contribution in [3.63, 3.8) is 0 Å². The number of anilines is 1. The Kier molecular flexibility index (Phi) is 4.60. The number of carbonyl (C=O) groups excluding carboxylic acids is 1. The van der Waals surface area contributed by atoms with Crippen molar-refractivity contribution in [1.82, 2.24) is 9.97 Å². The number of halogens is 2. The van der Waals surface area contributed by atoms with Gasteiger partial charge in [-0.1, -0.05) is 41.4 Å². The average Bonchev–Trinajstić information content (AvgIpc) is 3.08. The Morgan fingerprint density at radius 1 is 1.04 bits per heavy atom. The minimum absolute atomic E-state index is 0.191. The fraction of sp³-hybridized carbons (Fsp3) is 0.0476. The van der Waals surface area contributed by atoms with Crippen LogP contribution in [-0.4, -0.2) is 15.9 Å². The lowest BCUT2D eigenvalue weighted by atomic mass is 10.1. The fourth-order valence-corrected chi connectivity index (χ4v) is 3.18. The molecule has 0 atom stereocenters. The van der Waals surface area contributed by atoms with E-state index in [1.807, 2.05) is 43.3 Å². The van der Waals surface area contributed by atoms with Gasteiger partial charge < -0.3 is 10.3 Å². The molecule has 0 fully saturated rings. The molecule has 4 nitrogen and oxygen atoms in total. The van der Waals surface area contributed by atoms with Crippen molar-refractivity contribution in [3.8, 4) is 11.4 Å². The van der Waals surface area contributed by atoms with Gasteiger partial charge in [-0.25, -0.2) is 4.98 Å². The Balaban J connectivity index is 1.57. The predicted molar refractivity (Wildman–Crippen MR) is 111 cm³/mol. The molecule has 6 heteroatoms. The Morgan fingerprint density at radius 2 is 1.81 bits per heavy atom. The molecule has 0 radical (unpaired) electrons. The van der Waals surface area contributed by atoms with Gasteiger partial charge in [0.1, 0.15) is 5.82 Å². The highest BCUT2D eigenvalue weighted by atomic mass is 35.5. The monoisotopic (exact) mass is 395 g/mol. The number of carbonyl (C=O) groups is 1. The van der Waals surface area contributed by atoms with Crippen molar-refractivity contribution in [2.75, 3.05) is 5.32 Å². The highest BCUT2D eigenvalue weighted by molar-refractivity contribution is 6.32. The van der Waals surface area contributed by atoms with Gasteiger partial charge in [-0.3, -0.25) is 4.79 Å². The van der Waals surface area contributed by atoms with Gasteiger partial charge in [0.25, 0.3) is 5.91 Å². The first kappa shape index (κ1) is 17.6. The molecule has 1 amide bonds. The van der Waals surface area contributed by atoms with Crippen LogP contribution in [0.5, 0.6) is 0 Å². The number of hydrogen-bond acceptors (Lipinski definition) is 2. The van der Waals surface area contributed by atoms with Gasteiger partial charge in [-0.05, 0) is 55.0 Å². The van der Waals surface area contributed by atoms with Crippen LogP contribution in [-0.2, 0) is 0 Å². The van der Waals surface area contributed by atoms with Crippen molar-refractivity contribution < 1.29 is 4.79 Å². The third-order valence-electron chi connectivity index (χ3n) is 4.38. The topological polar surface area (TPSA) is 57.8 Å². The largest absolute Gasteiger partial charge is 0.338 e. The van der Waals surface area contributed by atoms with Crippen molar-refractivity contribution in [2.45, 2.75) is 6.92 Å². The Labute approximate surface area is 166 Å². The summed E-state index contributed by atoms with van der Waals surface area (Å²) in [4.78, 5) is 20.3. The van der Waals surface area contributed by atoms with Crippen LogP contribution in [0, 0.1) is 6.92 Å². The molecule has 2 N–H and O–H groups in total. The lowest BCUT2D eigenvalue weighted by Gasteiger charge is -2.09. The molecule has 27 heavy (non-hydrogen) atoms. The normalized spacial score (nSPS) is 10.9. The number of benzene rings is 3. The Morgan fingerprint density at radius 3 is 2.59 bits per heavy atom. The maximum absolute atomic E-state index is 12.5. The van der Waals surface area contributed by atoms with E-state index in [9.17, 15) is 4.79 Å². The number of imidazole rings is 1. The molecule has 1 heterocycles. The fourth-order valence-electron chi connectivity index (χ4n) is 2.84. The zero-order valence-corrected chi connectivity index (χ0v) is 15.9. The highest BCUT2D eigenvalue weighted by Crippen LogP contribution is 2.25. The van der Waals surface area contributed by atoms with Crippen LogP contribution in [0.25, 0.3) is 22.4 Å². The van der Waals surface area contributed by atoms with Crippen LogP contribution in [0.2, 0.25) is 10.0 Å². The summed E-state index contributed by atoms with van der Waals surface area (Å²) in [7, 11) is 0. The molecule has 1 aromatic heterocycles. The number of fused-ring (bicyclic) bond motifs is 1. The van der Waals surface area contributed by atoms with E-state index < -0.39 is 0 Å². The van der Waals surface area contributed by atoms with E-state index >= 15 is 0 Å². The molecule has 0 saturated heterocycles. The van der Waals surface area contributed by atoms with Crippen LogP contribution in [0.3, 0.4) is 0 Å². The second kappa shape index (κ2) is 7.06. The zero-order chi connectivity index (χ0) is 19.0. The predicted octanol–water partition coefficient (Wildman–Crippen LogP) is 6.10. The number of amides is 1. The molecule has 134 valence electrons. The van der Waals surface area contributed by atoms with Crippen molar-refractivity contribution >= 4 is 45.8 Å². The summed E-state index contributed by atoms with van der Waals surface area (Å²) in [5, 5.41) is 4.17. The van der Waals surface area contributed by atoms with E-state index in [0.717, 1.165) is 28.0 Å². The maximum atomic E-state index is 12.5. The summed E-state index contributed by atoms with van der Waals surface area (Å²) < 4.78 is 0. The van der Waals surface area contributed by atoms with Gasteiger partial charge in [0.2, 0.25) is 0 Å². The summed E-state index contributed by atoms with van der Waals surface area (Å²) in [5.41, 5.74) is 4.69. The van der Waals surface area contributed by atoms with E-state index in [4.69, 9.17) is 23.2 Å². The molecule has 4 rings (SSSR count). The van der Waals surface area contributed by atoms with Crippen LogP contribution in [0.1, 0.15) is 15.9 Å². The minimum Gasteiger partial charge on any atom is -0.338 e. The lowest BCUT2D eigenvalue weighted by molar-refractivity contribution is 0.102. The first-order chi connectivity index (χ1) is 13.0. The van der Waals surface area contributed by atoms with Crippen molar-refractivity contribution in [3.05, 3.63) is 81.8 Å². The average molecular weight is 396 g/mol. The van der Waals surface area contributed by atoms with Crippen LogP contribution < -0.4 is 5.32 Å². The van der Waals surface area contributed by atoms with E-state index in [-0.39, 0.29) is 5.91 Å². The number of aromatic amines is 1. The Hall–Kier alpha value is -2.82. The second-order valence-corrected chi connectivity index (χ2v) is 7.03. The molecule has 3 aromatic carbocycles. The number of nitrogens with one attached hydrogen (secondary N) is 2. The van der Waals surface area contributed by atoms with Gasteiger partial charge in [-0.2, -0.15) is 0 Å². The van der Waals surface area contributed by atoms with Gasteiger partial charge in [-0.15, -0.1) is 0 Å². The van der Waals surface area contributed by atoms with Crippen LogP contribution in [0.15, 0.2) is 60.7 Å². The van der Waals surface area contributed by atoms with E-state index in [0.29, 0.717) is 21.3 Å². The molecular weight excluding hydrogens is 381 g/mol. The van der Waals surface area contributed by atoms with Crippen molar-refractivity contribution in [1.29, 1.82) is 0 Å². The van der Waals surface area contributed by atoms with Crippen LogP contribution in [0.4, 0.5) is 5.69 Å². The van der Waals surface area contributed by atoms with Gasteiger partial charge >= 0.3 is 0 Å². The summed E-state index contributed by atoms with van der Waals surface area (Å²) in [6.45, 7) is 1.87. The van der Waals surface area contributed by atoms with E-state index in [2.05, 4.69) is 15.3 Å². The van der Waals surface area contributed by atoms with Gasteiger partial charge in [0.05, 0.1) is 11.0 Å². The van der Waals surface area contributed by atoms with Gasteiger partial charge in [0, 0.05) is 26.9 Å². The van der Waals surface area contributed by atoms with E-state index in [1.54, 1.807) is 24.3 Å². The smallest absolute Gasteiger partial charge is 0.255 e. The maximum Gasteiger partial charge on any atom is 0.255 e. The number of H-pyrrole nitrogens is 1. The Bertz CT molecular complexity index is 1150. The molecule has 0 bridgehead atoms. The van der Waals surface area contributed by atoms with E-state index in [1.165, 1.54) is 0 Å². The highest BCUT2D eigenvalue weighted by Gasteiger charge is 2.11. The molecular formula is C21H15Cl2N3O. The molecule has 0 spiro atoms. The molecule has 0 saturated carbocycles. The molecule has 0 unspecified atom stereocenters. The van der Waals surface area contributed by atoms with Crippen LogP contribution >= 0.6 is 23.2 Å². The standard InChI is InChI=1S/C21H15Cl2N3O/c1-12-16(23)3-2-4-17(12)26-21(27)14-7-5-13(6-8-14)20-24-18-10-9-15(22)11-19(18)25-20/h2-11H,1H3,(H,24,25)(H,26,27). The molecule has 4 aromatic rings. The SMILES string of the molecule is Cc1c(Cl)cccc1NC(=O)c1ccc(-c2nc3ccc(Cl)cc3[nH]2)cc1. The third kappa shape index (κ3) is 3.54. The van der Waals surface area contributed by atoms with Gasteiger partial charge in [0.15, 0.2) is 0 Å². The molecule has 0 aliphatic heterocycles. The second-order valence-electron chi connectivity index (χ2n) is 6.19. The first-order valence-corrected chi connectivity index (χ1v) is 9.09. The number of nitrogens with zero attached hydrogens (tertiary/aromatic N) is 1. The quantitative estimate of drug-likeness (QED) is 0.440. The zero-order valence-electron chi connectivity index (χ0n) is 14.4. The minimum atomic E-state index is -0.191. The molecule has 0 aliphatic carbocycles. The third-order valence-corrected chi connectivity index (χ3v) is 5.02. The summed E-state index contributed by atoms with van der Waals surface area (Å²) in [5.74, 6) is 0.535. The van der Waals surface area contributed by atoms with Crippen molar-refractivity contribution in [2.24, 2.45) is 0 Å². The number of hydrogen-bond donors (Lipinski definition) is 2. The number of aromatic nitrogens is 2. The lowest BCUT2D eigenvalue weighted by Crippen LogP contribution is -2.12. The summed E-state index contributed by atoms with van der Waals surface area (Å²) in [6, 6.07) is 18.2. The first-order valence-electron chi connectivity index (χ1n) is 8.33. The summed E-state index contributed by atoms with van der Waals surface area (Å²) in [6.07, 6.45) is 0. The molecule has 0 aliphatic rings. The number of rotatable bonds is 3.